The molecule has 0 spiro atoms. The van der Waals surface area contributed by atoms with Crippen molar-refractivity contribution in [2.45, 2.75) is 31.1 Å². The summed E-state index contributed by atoms with van der Waals surface area (Å²) in [4.78, 5) is 28.8. The molecule has 200 valence electrons. The van der Waals surface area contributed by atoms with E-state index in [1.165, 1.54) is 23.3 Å². The van der Waals surface area contributed by atoms with Gasteiger partial charge in [-0.15, -0.1) is 0 Å². The Morgan fingerprint density at radius 3 is 1.97 bits per heavy atom. The lowest BCUT2D eigenvalue weighted by Crippen LogP contribution is -2.33. The van der Waals surface area contributed by atoms with E-state index in [4.69, 9.17) is 9.90 Å². The molecule has 2 aromatic heterocycles. The van der Waals surface area contributed by atoms with Crippen molar-refractivity contribution < 1.29 is 54.2 Å². The second-order valence-electron chi connectivity index (χ2n) is 7.09. The van der Waals surface area contributed by atoms with E-state index in [1.54, 1.807) is 0 Å². The highest BCUT2D eigenvalue weighted by Crippen LogP contribution is 2.36. The first-order valence-electron chi connectivity index (χ1n) is 9.74. The summed E-state index contributed by atoms with van der Waals surface area (Å²) in [6, 6.07) is 3.96. The number of alkyl halides is 9. The first kappa shape index (κ1) is 29.1. The van der Waals surface area contributed by atoms with Gasteiger partial charge in [-0.3, -0.25) is 9.78 Å². The van der Waals surface area contributed by atoms with E-state index >= 15 is 0 Å². The summed E-state index contributed by atoms with van der Waals surface area (Å²) in [5.41, 5.74) is -2.57. The van der Waals surface area contributed by atoms with Gasteiger partial charge in [-0.25, -0.2) is 9.78 Å². The first-order valence-corrected chi connectivity index (χ1v) is 9.74. The molecule has 37 heavy (non-hydrogen) atoms. The van der Waals surface area contributed by atoms with Gasteiger partial charge < -0.3 is 15.0 Å². The van der Waals surface area contributed by atoms with Crippen molar-refractivity contribution in [2.24, 2.45) is 0 Å². The van der Waals surface area contributed by atoms with Crippen LogP contribution in [0.5, 0.6) is 0 Å². The number of pyridine rings is 1. The van der Waals surface area contributed by atoms with E-state index in [0.29, 0.717) is 0 Å². The van der Waals surface area contributed by atoms with Crippen LogP contribution in [0.4, 0.5) is 39.5 Å². The summed E-state index contributed by atoms with van der Waals surface area (Å²) in [6.07, 6.45) is -9.11. The van der Waals surface area contributed by atoms with Gasteiger partial charge in [0.25, 0.3) is 0 Å². The molecule has 2 heterocycles. The third-order valence-electron chi connectivity index (χ3n) is 4.42. The maximum atomic E-state index is 13.5. The van der Waals surface area contributed by atoms with Crippen molar-refractivity contribution in [3.05, 3.63) is 83.7 Å². The monoisotopic (exact) mass is 542 g/mol. The molecule has 0 fully saturated rings. The van der Waals surface area contributed by atoms with Gasteiger partial charge in [0.1, 0.15) is 6.54 Å². The lowest BCUT2D eigenvalue weighted by Gasteiger charge is -2.23. The molecule has 0 bridgehead atoms. The summed E-state index contributed by atoms with van der Waals surface area (Å²) in [7, 11) is 0. The fourth-order valence-corrected chi connectivity index (χ4v) is 2.81. The van der Waals surface area contributed by atoms with Gasteiger partial charge in [0, 0.05) is 18.6 Å². The molecule has 1 aromatic carbocycles. The van der Waals surface area contributed by atoms with E-state index in [-0.39, 0.29) is 12.1 Å². The highest BCUT2D eigenvalue weighted by molar-refractivity contribution is 5.76. The fourth-order valence-electron chi connectivity index (χ4n) is 2.81. The van der Waals surface area contributed by atoms with Crippen LogP contribution in [-0.4, -0.2) is 37.7 Å². The fraction of sp³-hybridized carbons (Fsp3) is 0.238. The molecule has 1 unspecified atom stereocenters. The van der Waals surface area contributed by atoms with Gasteiger partial charge in [-0.05, 0) is 29.8 Å². The van der Waals surface area contributed by atoms with Crippen LogP contribution in [0.2, 0.25) is 0 Å². The minimum Gasteiger partial charge on any atom is -0.475 e. The van der Waals surface area contributed by atoms with Crippen LogP contribution in [-0.2, 0) is 28.5 Å². The van der Waals surface area contributed by atoms with Gasteiger partial charge in [0.05, 0.1) is 29.2 Å². The molecule has 0 aliphatic rings. The Morgan fingerprint density at radius 2 is 1.51 bits per heavy atom. The number of carboxylic acid groups (broad SMARTS) is 1. The Balaban J connectivity index is 0.000000604. The quantitative estimate of drug-likeness (QED) is 0.450. The maximum absolute atomic E-state index is 13.5. The Labute approximate surface area is 201 Å². The third-order valence-corrected chi connectivity index (χ3v) is 4.42. The van der Waals surface area contributed by atoms with Gasteiger partial charge in [-0.2, -0.15) is 39.5 Å². The molecule has 0 saturated carbocycles. The van der Waals surface area contributed by atoms with E-state index < -0.39 is 53.3 Å². The van der Waals surface area contributed by atoms with Crippen molar-refractivity contribution in [2.75, 3.05) is 0 Å². The molecule has 0 aliphatic carbocycles. The minimum absolute atomic E-state index is 0.0196. The normalized spacial score (nSPS) is 12.8. The Hall–Kier alpha value is -4.11. The summed E-state index contributed by atoms with van der Waals surface area (Å²) in [5.74, 6) is -3.43. The molecule has 1 atom stereocenters. The highest BCUT2D eigenvalue weighted by atomic mass is 19.4. The summed E-state index contributed by atoms with van der Waals surface area (Å²) >= 11 is 0. The van der Waals surface area contributed by atoms with Crippen LogP contribution in [0.15, 0.2) is 61.3 Å². The number of imidazole rings is 1. The number of carbonyl (C=O) groups excluding carboxylic acids is 1. The zero-order chi connectivity index (χ0) is 28.0. The summed E-state index contributed by atoms with van der Waals surface area (Å²) in [6.45, 7) is -0.245. The van der Waals surface area contributed by atoms with Crippen LogP contribution in [0, 0.1) is 0 Å². The van der Waals surface area contributed by atoms with Crippen LogP contribution in [0.25, 0.3) is 0 Å². The average molecular weight is 542 g/mol. The number of carboxylic acids is 1. The molecule has 3 aromatic rings. The molecular formula is C21H15F9N4O3. The summed E-state index contributed by atoms with van der Waals surface area (Å²) in [5, 5.41) is 9.55. The number of hydrogen-bond acceptors (Lipinski definition) is 4. The minimum atomic E-state index is -5.08. The molecule has 0 saturated heterocycles. The van der Waals surface area contributed by atoms with Gasteiger partial charge in [0.2, 0.25) is 5.91 Å². The van der Waals surface area contributed by atoms with Crippen LogP contribution in [0.3, 0.4) is 0 Å². The van der Waals surface area contributed by atoms with Gasteiger partial charge in [-0.1, -0.05) is 12.1 Å². The van der Waals surface area contributed by atoms with Gasteiger partial charge in [0.15, 0.2) is 0 Å². The number of aromatic nitrogens is 3. The number of carbonyl (C=O) groups is 2. The first-order chi connectivity index (χ1) is 17.0. The molecule has 2 N–H and O–H groups in total. The van der Waals surface area contributed by atoms with E-state index in [1.807, 2.05) is 0 Å². The van der Waals surface area contributed by atoms with Crippen molar-refractivity contribution >= 4 is 11.9 Å². The van der Waals surface area contributed by atoms with Crippen LogP contribution >= 0.6 is 0 Å². The number of amides is 1. The number of hydrogen-bond donors (Lipinski definition) is 2. The maximum Gasteiger partial charge on any atom is 0.490 e. The zero-order valence-corrected chi connectivity index (χ0v) is 18.1. The predicted molar refractivity (Wildman–Crippen MR) is 107 cm³/mol. The molecule has 3 rings (SSSR count). The Kier molecular flexibility index (Phi) is 8.90. The largest absolute Gasteiger partial charge is 0.490 e. The molecule has 0 radical (unpaired) electrons. The zero-order valence-electron chi connectivity index (χ0n) is 18.1. The molecular weight excluding hydrogens is 527 g/mol. The summed E-state index contributed by atoms with van der Waals surface area (Å²) < 4.78 is 112. The smallest absolute Gasteiger partial charge is 0.475 e. The topological polar surface area (TPSA) is 97.1 Å². The van der Waals surface area contributed by atoms with Gasteiger partial charge >= 0.3 is 24.5 Å². The standard InChI is InChI=1S/C19H14F6N4O.C2HF3O2/c20-18(21,22)13-5-3-12(4-6-13)16(28-15(30)10-29-9-8-26-11-29)17-14(19(23,24)25)2-1-7-27-17;3-2(4,5)1(6)7/h1-9,11,16H,10H2,(H,28,30);(H,6,7). The number of halogens is 9. The lowest BCUT2D eigenvalue weighted by molar-refractivity contribution is -0.192. The van der Waals surface area contributed by atoms with Crippen molar-refractivity contribution in [1.82, 2.24) is 19.9 Å². The molecule has 1 amide bonds. The SMILES string of the molecule is O=C(Cn1ccnc1)NC(c1ccc(C(F)(F)F)cc1)c1ncccc1C(F)(F)F.O=C(O)C(F)(F)F. The van der Waals surface area contributed by atoms with E-state index in [2.05, 4.69) is 15.3 Å². The third kappa shape index (κ3) is 8.50. The van der Waals surface area contributed by atoms with Crippen molar-refractivity contribution in [3.8, 4) is 0 Å². The number of benzene rings is 1. The second kappa shape index (κ2) is 11.3. The van der Waals surface area contributed by atoms with Crippen LogP contribution < -0.4 is 5.32 Å². The molecule has 16 heteroatoms. The Bertz CT molecular complexity index is 1190. The number of nitrogens with one attached hydrogen (secondary N) is 1. The van der Waals surface area contributed by atoms with Crippen molar-refractivity contribution in [1.29, 1.82) is 0 Å². The predicted octanol–water partition coefficient (Wildman–Crippen LogP) is 4.85. The lowest BCUT2D eigenvalue weighted by atomic mass is 9.97. The number of nitrogens with zero attached hydrogens (tertiary/aromatic N) is 3. The van der Waals surface area contributed by atoms with Crippen LogP contribution in [0.1, 0.15) is 28.4 Å². The average Bonchev–Trinajstić information content (AvgIpc) is 3.29. The number of rotatable bonds is 5. The highest BCUT2D eigenvalue weighted by Gasteiger charge is 2.38. The van der Waals surface area contributed by atoms with E-state index in [0.717, 1.165) is 42.6 Å². The second-order valence-corrected chi connectivity index (χ2v) is 7.09. The number of aliphatic carboxylic acids is 1. The molecule has 7 nitrogen and oxygen atoms in total. The van der Waals surface area contributed by atoms with Crippen molar-refractivity contribution in [3.63, 3.8) is 0 Å². The van der Waals surface area contributed by atoms with E-state index in [9.17, 15) is 44.3 Å². The molecule has 0 aliphatic heterocycles. The Morgan fingerprint density at radius 1 is 0.919 bits per heavy atom.